The van der Waals surface area contributed by atoms with Gasteiger partial charge in [-0.15, -0.1) is 0 Å². The van der Waals surface area contributed by atoms with Crippen molar-refractivity contribution in [2.45, 2.75) is 32.2 Å². The number of thioether (sulfide) groups is 1. The number of nitrogens with one attached hydrogen (secondary N) is 1. The summed E-state index contributed by atoms with van der Waals surface area (Å²) in [5.41, 5.74) is 0. The largest absolute Gasteiger partial charge is 0.375 e. The summed E-state index contributed by atoms with van der Waals surface area (Å²) in [6, 6.07) is 0.586. The van der Waals surface area contributed by atoms with Gasteiger partial charge in [0.2, 0.25) is 5.91 Å². The lowest BCUT2D eigenvalue weighted by molar-refractivity contribution is -0.136. The van der Waals surface area contributed by atoms with Crippen LogP contribution in [0.2, 0.25) is 0 Å². The third kappa shape index (κ3) is 6.07. The van der Waals surface area contributed by atoms with Gasteiger partial charge in [0.25, 0.3) is 0 Å². The Bertz CT molecular complexity index is 231. The molecule has 1 amide bonds. The van der Waals surface area contributed by atoms with E-state index >= 15 is 0 Å². The van der Waals surface area contributed by atoms with Crippen LogP contribution in [0.25, 0.3) is 0 Å². The Kier molecular flexibility index (Phi) is 8.46. The number of piperidine rings is 1. The smallest absolute Gasteiger partial charge is 0.248 e. The molecule has 0 unspecified atom stereocenters. The number of carbonyl (C=O) groups is 1. The van der Waals surface area contributed by atoms with E-state index in [2.05, 4.69) is 12.2 Å². The lowest BCUT2D eigenvalue weighted by Crippen LogP contribution is -2.46. The van der Waals surface area contributed by atoms with Crippen LogP contribution in [0, 0.1) is 0 Å². The fourth-order valence-corrected chi connectivity index (χ4v) is 2.81. The van der Waals surface area contributed by atoms with Crippen LogP contribution in [-0.2, 0) is 9.53 Å². The van der Waals surface area contributed by atoms with Crippen LogP contribution in [0.3, 0.4) is 0 Å². The van der Waals surface area contributed by atoms with Crippen LogP contribution in [0.5, 0.6) is 0 Å². The van der Waals surface area contributed by atoms with Crippen molar-refractivity contribution in [1.82, 2.24) is 10.2 Å². The van der Waals surface area contributed by atoms with Gasteiger partial charge in [-0.2, -0.15) is 11.8 Å². The molecule has 0 spiro atoms. The Hall–Kier alpha value is -0.260. The Morgan fingerprint density at radius 2 is 2.17 bits per heavy atom. The van der Waals surface area contributed by atoms with Gasteiger partial charge in [0.1, 0.15) is 6.61 Å². The molecule has 1 rings (SSSR count). The molecule has 106 valence electrons. The van der Waals surface area contributed by atoms with E-state index in [4.69, 9.17) is 4.74 Å². The maximum Gasteiger partial charge on any atom is 0.248 e. The Morgan fingerprint density at radius 3 is 2.78 bits per heavy atom. The number of hydrogen-bond donors (Lipinski definition) is 1. The summed E-state index contributed by atoms with van der Waals surface area (Å²) in [5.74, 6) is 2.57. The molecule has 1 heterocycles. The summed E-state index contributed by atoms with van der Waals surface area (Å²) in [6.07, 6.45) is 3.37. The number of amides is 1. The van der Waals surface area contributed by atoms with Gasteiger partial charge in [-0.1, -0.05) is 6.92 Å². The molecule has 0 aromatic rings. The van der Waals surface area contributed by atoms with Gasteiger partial charge < -0.3 is 15.0 Å². The average Bonchev–Trinajstić information content (AvgIpc) is 2.39. The minimum absolute atomic E-state index is 0.121. The molecule has 1 saturated heterocycles. The highest BCUT2D eigenvalue weighted by Gasteiger charge is 2.21. The molecule has 0 saturated carbocycles. The standard InChI is InChI=1S/C13H26N2O2S/c1-3-18-10-4-7-14-12-5-8-15(9-6-12)13(16)11-17-2/h12,14H,3-11H2,1-2H3. The number of rotatable bonds is 8. The van der Waals surface area contributed by atoms with E-state index in [9.17, 15) is 4.79 Å². The number of nitrogens with zero attached hydrogens (tertiary/aromatic N) is 1. The normalized spacial score (nSPS) is 17.1. The van der Waals surface area contributed by atoms with Crippen LogP contribution in [0.4, 0.5) is 0 Å². The summed E-state index contributed by atoms with van der Waals surface area (Å²) in [4.78, 5) is 13.5. The molecule has 5 heteroatoms. The van der Waals surface area contributed by atoms with Crippen molar-refractivity contribution in [1.29, 1.82) is 0 Å². The highest BCUT2D eigenvalue weighted by molar-refractivity contribution is 7.99. The number of carbonyl (C=O) groups excluding carboxylic acids is 1. The number of likely N-dealkylation sites (tertiary alicyclic amines) is 1. The fraction of sp³-hybridized carbons (Fsp3) is 0.923. The van der Waals surface area contributed by atoms with Crippen LogP contribution < -0.4 is 5.32 Å². The van der Waals surface area contributed by atoms with E-state index in [0.29, 0.717) is 6.04 Å². The summed E-state index contributed by atoms with van der Waals surface area (Å²) in [5, 5.41) is 3.59. The molecule has 1 aliphatic heterocycles. The third-order valence-corrected chi connectivity index (χ3v) is 4.20. The van der Waals surface area contributed by atoms with Crippen molar-refractivity contribution in [2.24, 2.45) is 0 Å². The molecule has 18 heavy (non-hydrogen) atoms. The predicted octanol–water partition coefficient (Wildman–Crippen LogP) is 1.36. The average molecular weight is 274 g/mol. The molecule has 1 N–H and O–H groups in total. The van der Waals surface area contributed by atoms with Crippen molar-refractivity contribution in [3.63, 3.8) is 0 Å². The van der Waals surface area contributed by atoms with Crippen molar-refractivity contribution in [3.8, 4) is 0 Å². The van der Waals surface area contributed by atoms with Crippen molar-refractivity contribution < 1.29 is 9.53 Å². The SMILES string of the molecule is CCSCCCNC1CCN(C(=O)COC)CC1. The molecule has 1 fully saturated rings. The first-order valence-electron chi connectivity index (χ1n) is 6.85. The molecular formula is C13H26N2O2S. The summed E-state index contributed by atoms with van der Waals surface area (Å²) < 4.78 is 4.88. The first-order chi connectivity index (χ1) is 8.77. The predicted molar refractivity (Wildman–Crippen MR) is 77.1 cm³/mol. The number of methoxy groups -OCH3 is 1. The maximum atomic E-state index is 11.6. The maximum absolute atomic E-state index is 11.6. The molecule has 0 bridgehead atoms. The summed E-state index contributed by atoms with van der Waals surface area (Å²) in [6.45, 7) is 5.24. The van der Waals surface area contributed by atoms with E-state index in [1.807, 2.05) is 16.7 Å². The molecule has 0 aromatic carbocycles. The molecule has 0 atom stereocenters. The Labute approximate surface area is 115 Å². The van der Waals surface area contributed by atoms with E-state index in [-0.39, 0.29) is 12.5 Å². The topological polar surface area (TPSA) is 41.6 Å². The van der Waals surface area contributed by atoms with Crippen LogP contribution in [0.1, 0.15) is 26.2 Å². The first-order valence-corrected chi connectivity index (χ1v) is 8.01. The lowest BCUT2D eigenvalue weighted by atomic mass is 10.0. The van der Waals surface area contributed by atoms with Gasteiger partial charge in [-0.3, -0.25) is 4.79 Å². The number of ether oxygens (including phenoxy) is 1. The van der Waals surface area contributed by atoms with E-state index < -0.39 is 0 Å². The lowest BCUT2D eigenvalue weighted by Gasteiger charge is -2.32. The zero-order valence-corrected chi connectivity index (χ0v) is 12.4. The van der Waals surface area contributed by atoms with E-state index in [1.54, 1.807) is 7.11 Å². The minimum atomic E-state index is 0.121. The van der Waals surface area contributed by atoms with E-state index in [0.717, 1.165) is 32.5 Å². The van der Waals surface area contributed by atoms with Gasteiger partial charge in [0.15, 0.2) is 0 Å². The molecule has 0 radical (unpaired) electrons. The molecular weight excluding hydrogens is 248 g/mol. The molecule has 0 aliphatic carbocycles. The van der Waals surface area contributed by atoms with Gasteiger partial charge in [0.05, 0.1) is 0 Å². The second kappa shape index (κ2) is 9.64. The summed E-state index contributed by atoms with van der Waals surface area (Å²) >= 11 is 2.00. The Morgan fingerprint density at radius 1 is 1.44 bits per heavy atom. The highest BCUT2D eigenvalue weighted by Crippen LogP contribution is 2.10. The van der Waals surface area contributed by atoms with Gasteiger partial charge in [-0.25, -0.2) is 0 Å². The highest BCUT2D eigenvalue weighted by atomic mass is 32.2. The monoisotopic (exact) mass is 274 g/mol. The zero-order valence-electron chi connectivity index (χ0n) is 11.6. The van der Waals surface area contributed by atoms with Gasteiger partial charge in [0, 0.05) is 26.2 Å². The molecule has 0 aromatic heterocycles. The van der Waals surface area contributed by atoms with Crippen molar-refractivity contribution in [2.75, 3.05) is 44.9 Å². The van der Waals surface area contributed by atoms with Gasteiger partial charge >= 0.3 is 0 Å². The van der Waals surface area contributed by atoms with Gasteiger partial charge in [-0.05, 0) is 37.3 Å². The summed E-state index contributed by atoms with van der Waals surface area (Å²) in [7, 11) is 1.57. The molecule has 1 aliphatic rings. The van der Waals surface area contributed by atoms with Crippen LogP contribution in [-0.4, -0.2) is 61.7 Å². The van der Waals surface area contributed by atoms with Crippen molar-refractivity contribution in [3.05, 3.63) is 0 Å². The fourth-order valence-electron chi connectivity index (χ4n) is 2.17. The van der Waals surface area contributed by atoms with Crippen LogP contribution in [0.15, 0.2) is 0 Å². The molecule has 4 nitrogen and oxygen atoms in total. The Balaban J connectivity index is 2.06. The third-order valence-electron chi connectivity index (χ3n) is 3.22. The minimum Gasteiger partial charge on any atom is -0.375 e. The second-order valence-electron chi connectivity index (χ2n) is 4.59. The number of hydrogen-bond acceptors (Lipinski definition) is 4. The second-order valence-corrected chi connectivity index (χ2v) is 5.99. The van der Waals surface area contributed by atoms with Crippen molar-refractivity contribution >= 4 is 17.7 Å². The quantitative estimate of drug-likeness (QED) is 0.679. The van der Waals surface area contributed by atoms with Crippen LogP contribution >= 0.6 is 11.8 Å². The van der Waals surface area contributed by atoms with E-state index in [1.165, 1.54) is 17.9 Å². The zero-order chi connectivity index (χ0) is 13.2. The first kappa shape index (κ1) is 15.8.